The lowest BCUT2D eigenvalue weighted by molar-refractivity contribution is -0.122. The first-order valence-corrected chi connectivity index (χ1v) is 12.4. The Morgan fingerprint density at radius 3 is 2.42 bits per heavy atom. The Labute approximate surface area is 184 Å². The molecule has 3 rings (SSSR count). The van der Waals surface area contributed by atoms with E-state index in [1.54, 1.807) is 0 Å². The second-order valence-electron chi connectivity index (χ2n) is 8.04. The largest absolute Gasteiger partial charge is 0.350 e. The van der Waals surface area contributed by atoms with Crippen LogP contribution in [0.1, 0.15) is 37.3 Å². The zero-order valence-corrected chi connectivity index (χ0v) is 18.9. The van der Waals surface area contributed by atoms with E-state index in [0.29, 0.717) is 6.54 Å². The molecule has 2 aromatic carbocycles. The molecule has 0 aromatic heterocycles. The van der Waals surface area contributed by atoms with E-state index in [2.05, 4.69) is 16.3 Å². The Bertz CT molecular complexity index is 1010. The lowest BCUT2D eigenvalue weighted by Crippen LogP contribution is -2.47. The second kappa shape index (κ2) is 10.2. The first-order chi connectivity index (χ1) is 14.8. The molecule has 1 aliphatic rings. The number of sulfonamides is 1. The molecule has 8 heteroatoms. The third-order valence-corrected chi connectivity index (χ3v) is 6.81. The van der Waals surface area contributed by atoms with Gasteiger partial charge in [0.25, 0.3) is 0 Å². The number of piperidine rings is 1. The van der Waals surface area contributed by atoms with Gasteiger partial charge >= 0.3 is 0 Å². The van der Waals surface area contributed by atoms with Crippen LogP contribution in [0, 0.1) is 5.82 Å². The summed E-state index contributed by atoms with van der Waals surface area (Å²) in [4.78, 5) is 15.3. The molecule has 0 saturated carbocycles. The van der Waals surface area contributed by atoms with Gasteiger partial charge in [-0.2, -0.15) is 0 Å². The van der Waals surface area contributed by atoms with Gasteiger partial charge in [0, 0.05) is 13.1 Å². The summed E-state index contributed by atoms with van der Waals surface area (Å²) in [5.74, 6) is -1.01. The van der Waals surface area contributed by atoms with Crippen LogP contribution in [0.25, 0.3) is 0 Å². The van der Waals surface area contributed by atoms with Crippen LogP contribution in [0.3, 0.4) is 0 Å². The van der Waals surface area contributed by atoms with E-state index in [0.717, 1.165) is 47.4 Å². The fraction of sp³-hybridized carbons (Fsp3) is 0.435. The van der Waals surface area contributed by atoms with Gasteiger partial charge in [-0.3, -0.25) is 14.0 Å². The van der Waals surface area contributed by atoms with Crippen molar-refractivity contribution in [2.24, 2.45) is 0 Å². The van der Waals surface area contributed by atoms with Crippen LogP contribution < -0.4 is 9.62 Å². The number of anilines is 1. The maximum atomic E-state index is 13.7. The molecule has 1 heterocycles. The number of amides is 1. The lowest BCUT2D eigenvalue weighted by atomic mass is 10.0. The topological polar surface area (TPSA) is 69.7 Å². The van der Waals surface area contributed by atoms with Crippen LogP contribution in [0.15, 0.2) is 48.5 Å². The molecule has 1 saturated heterocycles. The van der Waals surface area contributed by atoms with Crippen molar-refractivity contribution in [3.63, 3.8) is 0 Å². The minimum absolute atomic E-state index is 0.121. The molecule has 0 unspecified atom stereocenters. The summed E-state index contributed by atoms with van der Waals surface area (Å²) in [5, 5.41) is 2.86. The van der Waals surface area contributed by atoms with Crippen molar-refractivity contribution in [3.05, 3.63) is 65.5 Å². The Hall–Kier alpha value is -2.45. The molecule has 2 aromatic rings. The predicted octanol–water partition coefficient (Wildman–Crippen LogP) is 3.28. The molecule has 1 fully saturated rings. The number of benzene rings is 2. The van der Waals surface area contributed by atoms with E-state index in [1.807, 2.05) is 18.2 Å². The summed E-state index contributed by atoms with van der Waals surface area (Å²) >= 11 is 0. The van der Waals surface area contributed by atoms with Crippen molar-refractivity contribution < 1.29 is 17.6 Å². The minimum Gasteiger partial charge on any atom is -0.350 e. The number of likely N-dealkylation sites (tertiary alicyclic amines) is 1. The normalized spacial score (nSPS) is 16.0. The monoisotopic (exact) mass is 447 g/mol. The van der Waals surface area contributed by atoms with Crippen molar-refractivity contribution in [1.29, 1.82) is 0 Å². The Balaban J connectivity index is 1.71. The summed E-state index contributed by atoms with van der Waals surface area (Å²) in [6.07, 6.45) is 4.69. The highest BCUT2D eigenvalue weighted by Gasteiger charge is 2.29. The van der Waals surface area contributed by atoms with Crippen LogP contribution >= 0.6 is 0 Å². The summed E-state index contributed by atoms with van der Waals surface area (Å²) in [5.41, 5.74) is 2.28. The fourth-order valence-electron chi connectivity index (χ4n) is 3.99. The molecule has 168 valence electrons. The van der Waals surface area contributed by atoms with Gasteiger partial charge in [0.1, 0.15) is 11.9 Å². The maximum Gasteiger partial charge on any atom is 0.243 e. The molecule has 0 aliphatic carbocycles. The van der Waals surface area contributed by atoms with Gasteiger partial charge in [0.15, 0.2) is 0 Å². The molecule has 6 nitrogen and oxygen atoms in total. The van der Waals surface area contributed by atoms with Crippen LogP contribution in [-0.4, -0.2) is 44.6 Å². The zero-order chi connectivity index (χ0) is 22.4. The van der Waals surface area contributed by atoms with Crippen LogP contribution in [-0.2, 0) is 27.9 Å². The average molecular weight is 448 g/mol. The highest BCUT2D eigenvalue weighted by molar-refractivity contribution is 7.92. The fourth-order valence-corrected chi connectivity index (χ4v) is 5.16. The average Bonchev–Trinajstić information content (AvgIpc) is 2.73. The van der Waals surface area contributed by atoms with E-state index in [9.17, 15) is 17.6 Å². The van der Waals surface area contributed by atoms with Crippen molar-refractivity contribution in [2.45, 2.75) is 45.3 Å². The molecule has 1 amide bonds. The molecule has 1 aliphatic heterocycles. The van der Waals surface area contributed by atoms with Gasteiger partial charge in [-0.1, -0.05) is 36.8 Å². The Kier molecular flexibility index (Phi) is 7.67. The number of nitrogens with zero attached hydrogens (tertiary/aromatic N) is 2. The van der Waals surface area contributed by atoms with Crippen molar-refractivity contribution in [3.8, 4) is 0 Å². The van der Waals surface area contributed by atoms with Crippen molar-refractivity contribution in [1.82, 2.24) is 10.2 Å². The Morgan fingerprint density at radius 1 is 1.10 bits per heavy atom. The van der Waals surface area contributed by atoms with Crippen LogP contribution in [0.4, 0.5) is 10.1 Å². The number of hydrogen-bond donors (Lipinski definition) is 1. The predicted molar refractivity (Wildman–Crippen MR) is 121 cm³/mol. The van der Waals surface area contributed by atoms with Gasteiger partial charge in [-0.15, -0.1) is 0 Å². The van der Waals surface area contributed by atoms with E-state index >= 15 is 0 Å². The minimum atomic E-state index is -3.79. The Morgan fingerprint density at radius 2 is 1.77 bits per heavy atom. The molecular formula is C23H30FN3O3S. The molecule has 31 heavy (non-hydrogen) atoms. The molecule has 1 atom stereocenters. The van der Waals surface area contributed by atoms with E-state index in [4.69, 9.17) is 0 Å². The maximum absolute atomic E-state index is 13.7. The van der Waals surface area contributed by atoms with Gasteiger partial charge in [0.2, 0.25) is 15.9 Å². The third kappa shape index (κ3) is 6.27. The molecule has 0 radical (unpaired) electrons. The van der Waals surface area contributed by atoms with E-state index < -0.39 is 27.8 Å². The lowest BCUT2D eigenvalue weighted by Gasteiger charge is -2.29. The van der Waals surface area contributed by atoms with Gasteiger partial charge in [-0.25, -0.2) is 12.8 Å². The van der Waals surface area contributed by atoms with Gasteiger partial charge in [-0.05, 0) is 62.2 Å². The van der Waals surface area contributed by atoms with Gasteiger partial charge in [0.05, 0.1) is 11.9 Å². The van der Waals surface area contributed by atoms with Crippen LogP contribution in [0.2, 0.25) is 0 Å². The van der Waals surface area contributed by atoms with Crippen molar-refractivity contribution >= 4 is 21.6 Å². The summed E-state index contributed by atoms with van der Waals surface area (Å²) < 4.78 is 39.3. The summed E-state index contributed by atoms with van der Waals surface area (Å²) in [6.45, 7) is 4.79. The highest BCUT2D eigenvalue weighted by atomic mass is 32.2. The molecule has 1 N–H and O–H groups in total. The number of carbonyl (C=O) groups is 1. The number of carbonyl (C=O) groups excluding carboxylic acids is 1. The quantitative estimate of drug-likeness (QED) is 0.674. The highest BCUT2D eigenvalue weighted by Crippen LogP contribution is 2.22. The van der Waals surface area contributed by atoms with E-state index in [-0.39, 0.29) is 5.69 Å². The van der Waals surface area contributed by atoms with Gasteiger partial charge < -0.3 is 5.32 Å². The number of hydrogen-bond acceptors (Lipinski definition) is 4. The van der Waals surface area contributed by atoms with Crippen molar-refractivity contribution in [2.75, 3.05) is 23.7 Å². The number of nitrogens with one attached hydrogen (secondary N) is 1. The number of rotatable bonds is 8. The molecule has 0 bridgehead atoms. The first kappa shape index (κ1) is 23.2. The zero-order valence-electron chi connectivity index (χ0n) is 18.1. The smallest absolute Gasteiger partial charge is 0.243 e. The second-order valence-corrected chi connectivity index (χ2v) is 9.90. The van der Waals surface area contributed by atoms with Crippen LogP contribution in [0.5, 0.6) is 0 Å². The van der Waals surface area contributed by atoms with E-state index in [1.165, 1.54) is 44.4 Å². The first-order valence-electron chi connectivity index (χ1n) is 10.6. The molecule has 0 spiro atoms. The number of halogens is 1. The third-order valence-electron chi connectivity index (χ3n) is 5.57. The standard InChI is InChI=1S/C23H30FN3O3S/c1-18(27(31(2,29)30)22-12-8-11-21(24)15-22)23(28)25-16-19-9-4-5-10-20(19)17-26-13-6-3-7-14-26/h4-5,8-12,15,18H,3,6-7,13-14,16-17H2,1-2H3,(H,25,28)/t18-/m1/s1. The SMILES string of the molecule is C[C@H](C(=O)NCc1ccccc1CN1CCCCC1)N(c1cccc(F)c1)S(C)(=O)=O. The summed E-state index contributed by atoms with van der Waals surface area (Å²) in [6, 6.07) is 12.2. The molecular weight excluding hydrogens is 417 g/mol. The summed E-state index contributed by atoms with van der Waals surface area (Å²) in [7, 11) is -3.79.